The molecule has 0 bridgehead atoms. The van der Waals surface area contributed by atoms with E-state index in [9.17, 15) is 0 Å². The van der Waals surface area contributed by atoms with Crippen LogP contribution in [-0.4, -0.2) is 25.9 Å². The van der Waals surface area contributed by atoms with E-state index in [1.165, 1.54) is 0 Å². The van der Waals surface area contributed by atoms with E-state index in [4.69, 9.17) is 4.74 Å². The lowest BCUT2D eigenvalue weighted by molar-refractivity contribution is 0.317. The van der Waals surface area contributed by atoms with Crippen molar-refractivity contribution in [1.82, 2.24) is 19.3 Å². The molecule has 0 saturated carbocycles. The van der Waals surface area contributed by atoms with Crippen LogP contribution in [0.3, 0.4) is 0 Å². The van der Waals surface area contributed by atoms with Gasteiger partial charge in [0.15, 0.2) is 5.75 Å². The molecule has 0 unspecified atom stereocenters. The van der Waals surface area contributed by atoms with Crippen LogP contribution in [0.2, 0.25) is 0 Å². The Hall–Kier alpha value is -1.78. The van der Waals surface area contributed by atoms with Crippen molar-refractivity contribution in [3.8, 4) is 5.75 Å². The maximum atomic E-state index is 5.52. The van der Waals surface area contributed by atoms with Gasteiger partial charge in [-0.05, 0) is 0 Å². The first-order valence-electron chi connectivity index (χ1n) is 4.83. The van der Waals surface area contributed by atoms with E-state index >= 15 is 0 Å². The molecule has 0 fully saturated rings. The number of hydrogen-bond donors (Lipinski definition) is 0. The molecule has 0 amide bonds. The van der Waals surface area contributed by atoms with Crippen molar-refractivity contribution in [2.45, 2.75) is 6.42 Å². The highest BCUT2D eigenvalue weighted by Crippen LogP contribution is 2.07. The van der Waals surface area contributed by atoms with E-state index in [-0.39, 0.29) is 0 Å². The van der Waals surface area contributed by atoms with Gasteiger partial charge in [0.05, 0.1) is 19.0 Å². The van der Waals surface area contributed by atoms with E-state index in [2.05, 4.69) is 10.1 Å². The van der Waals surface area contributed by atoms with Crippen molar-refractivity contribution < 1.29 is 4.74 Å². The summed E-state index contributed by atoms with van der Waals surface area (Å²) in [6, 6.07) is 0. The summed E-state index contributed by atoms with van der Waals surface area (Å²) >= 11 is 0. The number of nitrogens with zero attached hydrogens (tertiary/aromatic N) is 4. The summed E-state index contributed by atoms with van der Waals surface area (Å²) < 4.78 is 9.23. The molecule has 5 nitrogen and oxygen atoms in total. The maximum Gasteiger partial charge on any atom is 0.157 e. The van der Waals surface area contributed by atoms with Gasteiger partial charge >= 0.3 is 0 Å². The highest BCUT2D eigenvalue weighted by Gasteiger charge is 2.00. The van der Waals surface area contributed by atoms with E-state index < -0.39 is 0 Å². The second-order valence-corrected chi connectivity index (χ2v) is 3.40. The van der Waals surface area contributed by atoms with Gasteiger partial charge in [-0.2, -0.15) is 5.10 Å². The lowest BCUT2D eigenvalue weighted by Gasteiger charge is -2.03. The summed E-state index contributed by atoms with van der Waals surface area (Å²) in [5.41, 5.74) is 0. The maximum absolute atomic E-state index is 5.52. The first-order valence-corrected chi connectivity index (χ1v) is 4.83. The minimum absolute atomic E-state index is 0.622. The Bertz CT molecular complexity index is 432. The van der Waals surface area contributed by atoms with Crippen LogP contribution in [0.5, 0.6) is 5.75 Å². The van der Waals surface area contributed by atoms with E-state index in [1.54, 1.807) is 17.1 Å². The fourth-order valence-electron chi connectivity index (χ4n) is 1.37. The highest BCUT2D eigenvalue weighted by atomic mass is 16.5. The molecule has 0 aliphatic heterocycles. The lowest BCUT2D eigenvalue weighted by atomic mass is 10.4. The van der Waals surface area contributed by atoms with Gasteiger partial charge in [0.2, 0.25) is 0 Å². The van der Waals surface area contributed by atoms with Crippen LogP contribution in [-0.2, 0) is 20.5 Å². The summed E-state index contributed by atoms with van der Waals surface area (Å²) in [7, 11) is 3.85. The van der Waals surface area contributed by atoms with Crippen LogP contribution in [0.4, 0.5) is 0 Å². The van der Waals surface area contributed by atoms with Crippen LogP contribution in [0.1, 0.15) is 5.82 Å². The molecule has 15 heavy (non-hydrogen) atoms. The molecule has 0 saturated heterocycles. The van der Waals surface area contributed by atoms with Crippen LogP contribution in [0.25, 0.3) is 0 Å². The third-order valence-corrected chi connectivity index (χ3v) is 2.20. The van der Waals surface area contributed by atoms with E-state index in [1.807, 2.05) is 31.1 Å². The Balaban J connectivity index is 1.83. The Kier molecular flexibility index (Phi) is 2.71. The molecule has 2 aromatic heterocycles. The molecule has 80 valence electrons. The van der Waals surface area contributed by atoms with Crippen molar-refractivity contribution in [2.75, 3.05) is 6.61 Å². The quantitative estimate of drug-likeness (QED) is 0.742. The molecular weight excluding hydrogens is 192 g/mol. The number of ether oxygens (including phenoxy) is 1. The first kappa shape index (κ1) is 9.76. The van der Waals surface area contributed by atoms with Gasteiger partial charge < -0.3 is 9.30 Å². The molecular formula is C10H14N4O. The number of imidazole rings is 1. The number of aryl methyl sites for hydroxylation is 2. The standard InChI is InChI=1S/C10H14N4O/c1-13-5-4-11-10(13)3-6-15-9-7-12-14(2)8-9/h4-5,7-8H,3,6H2,1-2H3. The summed E-state index contributed by atoms with van der Waals surface area (Å²) in [5.74, 6) is 1.82. The molecule has 0 aliphatic rings. The zero-order chi connectivity index (χ0) is 10.7. The average molecular weight is 206 g/mol. The van der Waals surface area contributed by atoms with Gasteiger partial charge in [-0.1, -0.05) is 0 Å². The Morgan fingerprint density at radius 1 is 1.40 bits per heavy atom. The molecule has 0 aliphatic carbocycles. The molecule has 0 aromatic carbocycles. The number of rotatable bonds is 4. The molecule has 0 N–H and O–H groups in total. The van der Waals surface area contributed by atoms with Gasteiger partial charge in [-0.15, -0.1) is 0 Å². The molecule has 0 radical (unpaired) electrons. The monoisotopic (exact) mass is 206 g/mol. The van der Waals surface area contributed by atoms with Gasteiger partial charge in [0, 0.05) is 32.9 Å². The highest BCUT2D eigenvalue weighted by molar-refractivity contribution is 5.11. The van der Waals surface area contributed by atoms with E-state index in [0.29, 0.717) is 6.61 Å². The van der Waals surface area contributed by atoms with Crippen LogP contribution < -0.4 is 4.74 Å². The number of aromatic nitrogens is 4. The van der Waals surface area contributed by atoms with Crippen molar-refractivity contribution in [2.24, 2.45) is 14.1 Å². The van der Waals surface area contributed by atoms with Crippen LogP contribution >= 0.6 is 0 Å². The normalized spacial score (nSPS) is 10.5. The summed E-state index contributed by atoms with van der Waals surface area (Å²) in [6.07, 6.45) is 8.08. The second-order valence-electron chi connectivity index (χ2n) is 3.40. The predicted molar refractivity (Wildman–Crippen MR) is 55.6 cm³/mol. The fraction of sp³-hybridized carbons (Fsp3) is 0.400. The minimum atomic E-state index is 0.622. The molecule has 2 rings (SSSR count). The Morgan fingerprint density at radius 3 is 2.87 bits per heavy atom. The summed E-state index contributed by atoms with van der Waals surface area (Å²) in [6.45, 7) is 0.622. The third kappa shape index (κ3) is 2.37. The van der Waals surface area contributed by atoms with Crippen LogP contribution in [0, 0.1) is 0 Å². The summed E-state index contributed by atoms with van der Waals surface area (Å²) in [5, 5.41) is 4.02. The van der Waals surface area contributed by atoms with Gasteiger partial charge in [0.25, 0.3) is 0 Å². The largest absolute Gasteiger partial charge is 0.490 e. The van der Waals surface area contributed by atoms with Crippen LogP contribution in [0.15, 0.2) is 24.8 Å². The van der Waals surface area contributed by atoms with Crippen molar-refractivity contribution in [3.63, 3.8) is 0 Å². The van der Waals surface area contributed by atoms with E-state index in [0.717, 1.165) is 18.0 Å². The molecule has 2 aromatic rings. The zero-order valence-corrected chi connectivity index (χ0v) is 8.92. The number of hydrogen-bond acceptors (Lipinski definition) is 3. The van der Waals surface area contributed by atoms with Crippen molar-refractivity contribution in [3.05, 3.63) is 30.6 Å². The third-order valence-electron chi connectivity index (χ3n) is 2.20. The predicted octanol–water partition coefficient (Wildman–Crippen LogP) is 0.775. The molecule has 0 spiro atoms. The lowest BCUT2D eigenvalue weighted by Crippen LogP contribution is -2.05. The van der Waals surface area contributed by atoms with Crippen molar-refractivity contribution >= 4 is 0 Å². The second kappa shape index (κ2) is 4.16. The Morgan fingerprint density at radius 2 is 2.27 bits per heavy atom. The smallest absolute Gasteiger partial charge is 0.157 e. The van der Waals surface area contributed by atoms with Gasteiger partial charge in [-0.3, -0.25) is 4.68 Å². The average Bonchev–Trinajstić information content (AvgIpc) is 2.77. The first-order chi connectivity index (χ1) is 7.25. The molecule has 0 atom stereocenters. The Labute approximate surface area is 88.3 Å². The van der Waals surface area contributed by atoms with Crippen molar-refractivity contribution in [1.29, 1.82) is 0 Å². The molecule has 5 heteroatoms. The summed E-state index contributed by atoms with van der Waals surface area (Å²) in [4.78, 5) is 4.21. The van der Waals surface area contributed by atoms with Gasteiger partial charge in [-0.25, -0.2) is 4.98 Å². The van der Waals surface area contributed by atoms with Gasteiger partial charge in [0.1, 0.15) is 5.82 Å². The minimum Gasteiger partial charge on any atom is -0.490 e. The fourth-order valence-corrected chi connectivity index (χ4v) is 1.37. The SMILES string of the molecule is Cn1cc(OCCc2nccn2C)cn1. The molecule has 2 heterocycles. The topological polar surface area (TPSA) is 44.9 Å². The zero-order valence-electron chi connectivity index (χ0n) is 8.92.